The maximum Gasteiger partial charge on any atom is 0.247 e. The molecule has 0 aromatic heterocycles. The second kappa shape index (κ2) is 5.99. The molecule has 1 aliphatic rings. The molecule has 0 bridgehead atoms. The standard InChI is InChI=1S/C13H15NO4S/c15-13(14-7-9-18-10-8-14)6-11-19(16,17)12-4-2-1-3-5-12/h1-6,11H,7-10H2. The van der Waals surface area contributed by atoms with Gasteiger partial charge >= 0.3 is 0 Å². The van der Waals surface area contributed by atoms with E-state index in [0.29, 0.717) is 26.3 Å². The molecule has 1 aromatic rings. The Morgan fingerprint density at radius 2 is 1.79 bits per heavy atom. The van der Waals surface area contributed by atoms with Crippen LogP contribution in [0, 0.1) is 0 Å². The molecule has 1 aromatic carbocycles. The maximum absolute atomic E-state index is 11.9. The van der Waals surface area contributed by atoms with Crippen molar-refractivity contribution in [1.82, 2.24) is 4.90 Å². The van der Waals surface area contributed by atoms with Crippen LogP contribution in [0.1, 0.15) is 0 Å². The van der Waals surface area contributed by atoms with E-state index in [-0.39, 0.29) is 10.8 Å². The van der Waals surface area contributed by atoms with Gasteiger partial charge in [0.15, 0.2) is 9.84 Å². The van der Waals surface area contributed by atoms with E-state index in [0.717, 1.165) is 11.5 Å². The summed E-state index contributed by atoms with van der Waals surface area (Å²) in [6, 6.07) is 8.02. The number of benzene rings is 1. The summed E-state index contributed by atoms with van der Waals surface area (Å²) >= 11 is 0. The van der Waals surface area contributed by atoms with Gasteiger partial charge < -0.3 is 9.64 Å². The van der Waals surface area contributed by atoms with Crippen LogP contribution < -0.4 is 0 Å². The zero-order valence-electron chi connectivity index (χ0n) is 10.4. The first kappa shape index (κ1) is 13.8. The lowest BCUT2D eigenvalue weighted by Gasteiger charge is -2.25. The molecule has 0 radical (unpaired) electrons. The zero-order chi connectivity index (χ0) is 13.7. The first-order valence-electron chi connectivity index (χ1n) is 5.94. The maximum atomic E-state index is 11.9. The molecule has 102 valence electrons. The predicted octanol–water partition coefficient (Wildman–Crippen LogP) is 0.833. The molecule has 1 saturated heterocycles. The van der Waals surface area contributed by atoms with Crippen molar-refractivity contribution >= 4 is 15.7 Å². The van der Waals surface area contributed by atoms with Crippen molar-refractivity contribution in [3.05, 3.63) is 41.8 Å². The second-order valence-corrected chi connectivity index (χ2v) is 5.93. The molecule has 1 aliphatic heterocycles. The van der Waals surface area contributed by atoms with Gasteiger partial charge in [0.1, 0.15) is 0 Å². The lowest BCUT2D eigenvalue weighted by molar-refractivity contribution is -0.129. The normalized spacial score (nSPS) is 16.7. The molecule has 0 spiro atoms. The average Bonchev–Trinajstić information content (AvgIpc) is 2.47. The molecule has 0 N–H and O–H groups in total. The van der Waals surface area contributed by atoms with Gasteiger partial charge in [0.05, 0.1) is 18.1 Å². The largest absolute Gasteiger partial charge is 0.378 e. The summed E-state index contributed by atoms with van der Waals surface area (Å²) in [7, 11) is -3.55. The number of hydrogen-bond acceptors (Lipinski definition) is 4. The molecular formula is C13H15NO4S. The number of amides is 1. The molecule has 0 saturated carbocycles. The molecule has 0 aliphatic carbocycles. The van der Waals surface area contributed by atoms with E-state index in [1.807, 2.05) is 0 Å². The van der Waals surface area contributed by atoms with Crippen LogP contribution >= 0.6 is 0 Å². The molecule has 19 heavy (non-hydrogen) atoms. The monoisotopic (exact) mass is 281 g/mol. The number of morpholine rings is 1. The lowest BCUT2D eigenvalue weighted by atomic mass is 10.4. The quantitative estimate of drug-likeness (QED) is 0.770. The van der Waals surface area contributed by atoms with E-state index in [9.17, 15) is 13.2 Å². The second-order valence-electron chi connectivity index (χ2n) is 4.10. The van der Waals surface area contributed by atoms with Crippen LogP contribution in [0.15, 0.2) is 46.7 Å². The van der Waals surface area contributed by atoms with Crippen LogP contribution in [0.3, 0.4) is 0 Å². The smallest absolute Gasteiger partial charge is 0.247 e. The fourth-order valence-electron chi connectivity index (χ4n) is 1.73. The highest BCUT2D eigenvalue weighted by Gasteiger charge is 2.16. The molecule has 1 fully saturated rings. The van der Waals surface area contributed by atoms with Crippen molar-refractivity contribution < 1.29 is 17.9 Å². The Kier molecular flexibility index (Phi) is 4.34. The van der Waals surface area contributed by atoms with Crippen molar-refractivity contribution in [2.75, 3.05) is 26.3 Å². The first-order chi connectivity index (χ1) is 9.09. The molecule has 1 heterocycles. The van der Waals surface area contributed by atoms with Crippen molar-refractivity contribution in [2.45, 2.75) is 4.90 Å². The van der Waals surface area contributed by atoms with Crippen LogP contribution in [-0.2, 0) is 19.4 Å². The Morgan fingerprint density at radius 1 is 1.16 bits per heavy atom. The van der Waals surface area contributed by atoms with Crippen LogP contribution in [0.25, 0.3) is 0 Å². The van der Waals surface area contributed by atoms with Gasteiger partial charge in [0.25, 0.3) is 0 Å². The lowest BCUT2D eigenvalue weighted by Crippen LogP contribution is -2.39. The fourth-order valence-corrected chi connectivity index (χ4v) is 2.71. The number of rotatable bonds is 3. The number of nitrogens with zero attached hydrogens (tertiary/aromatic N) is 1. The van der Waals surface area contributed by atoms with Gasteiger partial charge in [-0.3, -0.25) is 4.79 Å². The number of sulfone groups is 1. The molecule has 6 heteroatoms. The Hall–Kier alpha value is -1.66. The summed E-state index contributed by atoms with van der Waals surface area (Å²) in [5, 5.41) is 0.958. The predicted molar refractivity (Wildman–Crippen MR) is 70.2 cm³/mol. The SMILES string of the molecule is O=C(C=CS(=O)(=O)c1ccccc1)N1CCOCC1. The van der Waals surface area contributed by atoms with Crippen molar-refractivity contribution in [3.8, 4) is 0 Å². The van der Waals surface area contributed by atoms with Gasteiger partial charge in [0.2, 0.25) is 5.91 Å². The molecule has 2 rings (SSSR count). The minimum absolute atomic E-state index is 0.182. The Labute approximate surface area is 112 Å². The molecule has 1 amide bonds. The first-order valence-corrected chi connectivity index (χ1v) is 7.49. The van der Waals surface area contributed by atoms with E-state index < -0.39 is 9.84 Å². The summed E-state index contributed by atoms with van der Waals surface area (Å²) in [5.74, 6) is -0.303. The highest BCUT2D eigenvalue weighted by atomic mass is 32.2. The van der Waals surface area contributed by atoms with Crippen molar-refractivity contribution in [2.24, 2.45) is 0 Å². The van der Waals surface area contributed by atoms with Crippen LogP contribution in [0.5, 0.6) is 0 Å². The molecule has 0 atom stereocenters. The third-order valence-corrected chi connectivity index (χ3v) is 4.21. The van der Waals surface area contributed by atoms with Gasteiger partial charge in [-0.2, -0.15) is 0 Å². The summed E-state index contributed by atoms with van der Waals surface area (Å²) in [6.45, 7) is 1.97. The fraction of sp³-hybridized carbons (Fsp3) is 0.308. The average molecular weight is 281 g/mol. The summed E-state index contributed by atoms with van der Waals surface area (Å²) in [4.78, 5) is 13.5. The van der Waals surface area contributed by atoms with Gasteiger partial charge in [-0.1, -0.05) is 18.2 Å². The van der Waals surface area contributed by atoms with Crippen LogP contribution in [-0.4, -0.2) is 45.5 Å². The van der Waals surface area contributed by atoms with E-state index in [2.05, 4.69) is 0 Å². The Bertz CT molecular complexity index is 560. The topological polar surface area (TPSA) is 63.7 Å². The number of carbonyl (C=O) groups is 1. The minimum atomic E-state index is -3.55. The van der Waals surface area contributed by atoms with Gasteiger partial charge in [0, 0.05) is 24.6 Å². The van der Waals surface area contributed by atoms with Crippen LogP contribution in [0.2, 0.25) is 0 Å². The summed E-state index contributed by atoms with van der Waals surface area (Å²) in [6.07, 6.45) is 1.10. The third-order valence-electron chi connectivity index (χ3n) is 2.78. The third kappa shape index (κ3) is 3.65. The van der Waals surface area contributed by atoms with E-state index in [1.165, 1.54) is 12.1 Å². The van der Waals surface area contributed by atoms with E-state index in [1.54, 1.807) is 23.1 Å². The Morgan fingerprint density at radius 3 is 2.42 bits per heavy atom. The zero-order valence-corrected chi connectivity index (χ0v) is 11.2. The highest BCUT2D eigenvalue weighted by molar-refractivity contribution is 7.94. The molecular weight excluding hydrogens is 266 g/mol. The highest BCUT2D eigenvalue weighted by Crippen LogP contribution is 2.11. The van der Waals surface area contributed by atoms with Gasteiger partial charge in [-0.05, 0) is 12.1 Å². The van der Waals surface area contributed by atoms with Crippen molar-refractivity contribution in [1.29, 1.82) is 0 Å². The van der Waals surface area contributed by atoms with Gasteiger partial charge in [-0.25, -0.2) is 8.42 Å². The number of ether oxygens (including phenoxy) is 1. The minimum Gasteiger partial charge on any atom is -0.378 e. The number of hydrogen-bond donors (Lipinski definition) is 0. The van der Waals surface area contributed by atoms with E-state index in [4.69, 9.17) is 4.74 Å². The van der Waals surface area contributed by atoms with Crippen molar-refractivity contribution in [3.63, 3.8) is 0 Å². The number of carbonyl (C=O) groups excluding carboxylic acids is 1. The summed E-state index contributed by atoms with van der Waals surface area (Å²) < 4.78 is 29.0. The van der Waals surface area contributed by atoms with Crippen LogP contribution in [0.4, 0.5) is 0 Å². The molecule has 0 unspecified atom stereocenters. The Balaban J connectivity index is 2.07. The summed E-state index contributed by atoms with van der Waals surface area (Å²) in [5.41, 5.74) is 0. The molecule has 5 nitrogen and oxygen atoms in total. The van der Waals surface area contributed by atoms with Gasteiger partial charge in [-0.15, -0.1) is 0 Å². The van der Waals surface area contributed by atoms with E-state index >= 15 is 0 Å².